The van der Waals surface area contributed by atoms with Gasteiger partial charge in [0.05, 0.1) is 32.8 Å². The number of rotatable bonds is 24. The number of esters is 2. The highest BCUT2D eigenvalue weighted by molar-refractivity contribution is 8.00. The fourth-order valence-electron chi connectivity index (χ4n) is 3.12. The standard InChI is InChI=1S/C24H46N2O13S3Si/c1-17(22(29)26-9-10-42(32,33)34)14-40-16-21(28)38-12-20(27)13-39-24(31)18(2)15-41-19(3)23(30)25-8-7-11-43(35-4,36-5)37-6/h17-20,27H,7-16H2,1-6H3,(H,25,30)(H,26,29)(H,32,33,34)/p-1. The van der Waals surface area contributed by atoms with E-state index in [0.717, 1.165) is 11.8 Å². The van der Waals surface area contributed by atoms with Gasteiger partial charge in [-0.1, -0.05) is 13.8 Å². The van der Waals surface area contributed by atoms with Crippen LogP contribution in [0.3, 0.4) is 0 Å². The van der Waals surface area contributed by atoms with Crippen molar-refractivity contribution in [3.63, 3.8) is 0 Å². The summed E-state index contributed by atoms with van der Waals surface area (Å²) in [6, 6.07) is 0.550. The Morgan fingerprint density at radius 3 is 2.05 bits per heavy atom. The zero-order valence-corrected chi connectivity index (χ0v) is 28.9. The van der Waals surface area contributed by atoms with Crippen molar-refractivity contribution in [2.45, 2.75) is 44.6 Å². The Bertz CT molecular complexity index is 962. The molecular formula is C24H45N2O13S3Si-. The molecule has 4 unspecified atom stereocenters. The Morgan fingerprint density at radius 2 is 1.47 bits per heavy atom. The van der Waals surface area contributed by atoms with Gasteiger partial charge in [-0.25, -0.2) is 8.42 Å². The van der Waals surface area contributed by atoms with E-state index in [1.807, 2.05) is 0 Å². The monoisotopic (exact) mass is 693 g/mol. The van der Waals surface area contributed by atoms with Crippen LogP contribution in [0, 0.1) is 11.8 Å². The van der Waals surface area contributed by atoms with E-state index < -0.39 is 72.3 Å². The van der Waals surface area contributed by atoms with Crippen LogP contribution in [0.1, 0.15) is 27.2 Å². The van der Waals surface area contributed by atoms with Gasteiger partial charge in [0.25, 0.3) is 0 Å². The third-order valence-electron chi connectivity index (χ3n) is 5.80. The summed E-state index contributed by atoms with van der Waals surface area (Å²) < 4.78 is 57.8. The van der Waals surface area contributed by atoms with E-state index in [2.05, 4.69) is 10.6 Å². The smallest absolute Gasteiger partial charge is 0.500 e. The van der Waals surface area contributed by atoms with Crippen molar-refractivity contribution in [3.05, 3.63) is 0 Å². The van der Waals surface area contributed by atoms with Gasteiger partial charge in [-0.2, -0.15) is 0 Å². The molecule has 2 amide bonds. The normalized spacial score (nSPS) is 14.7. The summed E-state index contributed by atoms with van der Waals surface area (Å²) in [5, 5.41) is 14.7. The van der Waals surface area contributed by atoms with Crippen molar-refractivity contribution in [3.8, 4) is 0 Å². The number of hydrogen-bond acceptors (Lipinski definition) is 15. The Labute approximate surface area is 263 Å². The fraction of sp³-hybridized carbons (Fsp3) is 0.833. The fourth-order valence-corrected chi connectivity index (χ4v) is 7.01. The number of carbonyl (C=O) groups excluding carboxylic acids is 4. The summed E-state index contributed by atoms with van der Waals surface area (Å²) in [4.78, 5) is 48.4. The summed E-state index contributed by atoms with van der Waals surface area (Å²) >= 11 is 2.39. The molecule has 0 radical (unpaired) electrons. The van der Waals surface area contributed by atoms with Gasteiger partial charge in [0.2, 0.25) is 11.8 Å². The van der Waals surface area contributed by atoms with Gasteiger partial charge in [-0.15, -0.1) is 23.5 Å². The number of aliphatic hydroxyl groups is 1. The molecule has 0 spiro atoms. The second-order valence-corrected chi connectivity index (χ2v) is 16.5. The number of amides is 2. The van der Waals surface area contributed by atoms with E-state index in [1.54, 1.807) is 20.8 Å². The lowest BCUT2D eigenvalue weighted by atomic mass is 10.2. The average Bonchev–Trinajstić information content (AvgIpc) is 2.96. The van der Waals surface area contributed by atoms with Crippen LogP contribution in [-0.4, -0.2) is 133 Å². The maximum absolute atomic E-state index is 12.3. The lowest BCUT2D eigenvalue weighted by Crippen LogP contribution is -2.43. The van der Waals surface area contributed by atoms with Gasteiger partial charge in [0.1, 0.15) is 19.3 Å². The lowest BCUT2D eigenvalue weighted by Gasteiger charge is -2.24. The Morgan fingerprint density at radius 1 is 0.884 bits per heavy atom. The van der Waals surface area contributed by atoms with Gasteiger partial charge < -0.3 is 43.0 Å². The van der Waals surface area contributed by atoms with Crippen molar-refractivity contribution >= 4 is 66.2 Å². The maximum Gasteiger partial charge on any atom is 0.500 e. The molecule has 0 heterocycles. The van der Waals surface area contributed by atoms with Crippen LogP contribution in [0.2, 0.25) is 6.04 Å². The molecule has 3 N–H and O–H groups in total. The molecule has 0 aliphatic heterocycles. The summed E-state index contributed by atoms with van der Waals surface area (Å²) in [7, 11) is -2.53. The van der Waals surface area contributed by atoms with Gasteiger partial charge in [0, 0.05) is 57.9 Å². The number of hydrogen-bond donors (Lipinski definition) is 3. The predicted molar refractivity (Wildman–Crippen MR) is 162 cm³/mol. The first-order valence-electron chi connectivity index (χ1n) is 13.4. The number of nitrogens with one attached hydrogen (secondary N) is 2. The van der Waals surface area contributed by atoms with Gasteiger partial charge in [-0.05, 0) is 13.3 Å². The first-order chi connectivity index (χ1) is 20.1. The van der Waals surface area contributed by atoms with E-state index >= 15 is 0 Å². The van der Waals surface area contributed by atoms with Gasteiger partial charge in [0.15, 0.2) is 0 Å². The molecular weight excluding hydrogens is 649 g/mol. The van der Waals surface area contributed by atoms with Crippen molar-refractivity contribution in [1.82, 2.24) is 10.6 Å². The van der Waals surface area contributed by atoms with Crippen LogP contribution in [0.15, 0.2) is 0 Å². The Hall–Kier alpha value is -1.45. The van der Waals surface area contributed by atoms with E-state index in [9.17, 15) is 37.3 Å². The highest BCUT2D eigenvalue weighted by Crippen LogP contribution is 2.17. The van der Waals surface area contributed by atoms with Gasteiger partial charge >= 0.3 is 20.7 Å². The minimum absolute atomic E-state index is 0.102. The molecule has 0 aromatic carbocycles. The van der Waals surface area contributed by atoms with E-state index in [0.29, 0.717) is 24.8 Å². The van der Waals surface area contributed by atoms with Crippen LogP contribution < -0.4 is 10.6 Å². The maximum atomic E-state index is 12.3. The highest BCUT2D eigenvalue weighted by Gasteiger charge is 2.36. The molecule has 4 atom stereocenters. The third-order valence-corrected chi connectivity index (χ3v) is 11.9. The number of ether oxygens (including phenoxy) is 2. The Balaban J connectivity index is 4.14. The largest absolute Gasteiger partial charge is 0.748 e. The first-order valence-corrected chi connectivity index (χ1v) is 19.1. The molecule has 0 fully saturated rings. The molecule has 0 aromatic rings. The first kappa shape index (κ1) is 41.5. The summed E-state index contributed by atoms with van der Waals surface area (Å²) in [5.41, 5.74) is 0. The van der Waals surface area contributed by atoms with E-state index in [4.69, 9.17) is 22.8 Å². The van der Waals surface area contributed by atoms with Gasteiger partial charge in [-0.3, -0.25) is 19.2 Å². The van der Waals surface area contributed by atoms with Crippen molar-refractivity contribution < 1.29 is 60.0 Å². The number of aliphatic hydroxyl groups excluding tert-OH is 1. The predicted octanol–water partition coefficient (Wildman–Crippen LogP) is -0.393. The molecule has 0 aliphatic rings. The van der Waals surface area contributed by atoms with Crippen LogP contribution in [-0.2, 0) is 52.0 Å². The molecule has 0 aliphatic carbocycles. The second kappa shape index (κ2) is 22.1. The summed E-state index contributed by atoms with van der Waals surface area (Å²) in [6.45, 7) is 4.31. The number of thioether (sulfide) groups is 2. The molecule has 0 saturated heterocycles. The van der Waals surface area contributed by atoms with Crippen LogP contribution in [0.4, 0.5) is 0 Å². The van der Waals surface area contributed by atoms with E-state index in [1.165, 1.54) is 33.1 Å². The summed E-state index contributed by atoms with van der Waals surface area (Å²) in [5.74, 6) is -3.19. The Kier molecular flexibility index (Phi) is 21.4. The number of carbonyl (C=O) groups is 4. The quantitative estimate of drug-likeness (QED) is 0.0508. The third kappa shape index (κ3) is 19.5. The van der Waals surface area contributed by atoms with E-state index in [-0.39, 0.29) is 30.6 Å². The molecule has 0 bridgehead atoms. The zero-order valence-electron chi connectivity index (χ0n) is 25.5. The molecule has 0 rings (SSSR count). The van der Waals surface area contributed by atoms with Crippen LogP contribution in [0.5, 0.6) is 0 Å². The topological polar surface area (TPSA) is 216 Å². The molecule has 0 saturated carbocycles. The van der Waals surface area contributed by atoms with Crippen LogP contribution in [0.25, 0.3) is 0 Å². The average molecular weight is 694 g/mol. The SMILES string of the molecule is CO[Si](CCCNC(=O)C(C)SCC(C)C(=O)OCC(O)COC(=O)CSCC(C)C(=O)NCCS(=O)(=O)[O-])(OC)OC. The minimum Gasteiger partial charge on any atom is -0.748 e. The lowest BCUT2D eigenvalue weighted by molar-refractivity contribution is -0.153. The van der Waals surface area contributed by atoms with Crippen LogP contribution >= 0.6 is 23.5 Å². The molecule has 43 heavy (non-hydrogen) atoms. The van der Waals surface area contributed by atoms with Crippen molar-refractivity contribution in [2.24, 2.45) is 11.8 Å². The minimum atomic E-state index is -4.42. The molecule has 252 valence electrons. The highest BCUT2D eigenvalue weighted by atomic mass is 32.2. The molecule has 19 heteroatoms. The summed E-state index contributed by atoms with van der Waals surface area (Å²) in [6.07, 6.45) is -0.620. The van der Waals surface area contributed by atoms with Crippen molar-refractivity contribution in [1.29, 1.82) is 0 Å². The zero-order chi connectivity index (χ0) is 33.1. The second-order valence-electron chi connectivity index (χ2n) is 9.50. The molecule has 15 nitrogen and oxygen atoms in total. The van der Waals surface area contributed by atoms with Crippen molar-refractivity contribution in [2.75, 3.05) is 70.6 Å². The molecule has 0 aromatic heterocycles.